The first kappa shape index (κ1) is 18.7. The van der Waals surface area contributed by atoms with Crippen LogP contribution in [0.3, 0.4) is 0 Å². The molecule has 22 heavy (non-hydrogen) atoms. The number of rotatable bonds is 10. The minimum Gasteiger partial charge on any atom is -0.445 e. The Labute approximate surface area is 131 Å². The second kappa shape index (κ2) is 10.4. The first-order chi connectivity index (χ1) is 10.5. The molecule has 0 radical (unpaired) electrons. The molecule has 0 aliphatic rings. The minimum atomic E-state index is -3.47. The van der Waals surface area contributed by atoms with Crippen molar-refractivity contribution in [3.63, 3.8) is 0 Å². The van der Waals surface area contributed by atoms with Crippen molar-refractivity contribution in [1.82, 2.24) is 5.32 Å². The highest BCUT2D eigenvalue weighted by Gasteiger charge is 2.17. The standard InChI is InChI=1S/C15H24NO5P/c1-2-3-12-22(18,19)21-11-7-10-16-15(17)20-13-14-8-5-4-6-9-14/h4-6,8-9H,2-3,7,10-13H2,1H3,(H,16,17)(H,18,19). The molecule has 0 fully saturated rings. The summed E-state index contributed by atoms with van der Waals surface area (Å²) in [6, 6.07) is 9.38. The summed E-state index contributed by atoms with van der Waals surface area (Å²) < 4.78 is 21.5. The number of hydrogen-bond donors (Lipinski definition) is 2. The third-order valence-electron chi connectivity index (χ3n) is 2.89. The Bertz CT molecular complexity index is 480. The van der Waals surface area contributed by atoms with Gasteiger partial charge in [-0.05, 0) is 18.4 Å². The number of carbonyl (C=O) groups is 1. The molecule has 0 aliphatic carbocycles. The summed E-state index contributed by atoms with van der Waals surface area (Å²) in [5.41, 5.74) is 0.915. The number of carbonyl (C=O) groups excluding carboxylic acids is 1. The highest BCUT2D eigenvalue weighted by molar-refractivity contribution is 7.52. The molecule has 6 nitrogen and oxygen atoms in total. The number of hydrogen-bond acceptors (Lipinski definition) is 4. The molecule has 0 aromatic heterocycles. The van der Waals surface area contributed by atoms with E-state index in [1.165, 1.54) is 0 Å². The van der Waals surface area contributed by atoms with E-state index in [4.69, 9.17) is 9.26 Å². The number of unbranched alkanes of at least 4 members (excludes halogenated alkanes) is 1. The number of nitrogens with one attached hydrogen (secondary N) is 1. The van der Waals surface area contributed by atoms with Crippen LogP contribution in [-0.2, 0) is 20.4 Å². The van der Waals surface area contributed by atoms with Crippen LogP contribution >= 0.6 is 7.60 Å². The largest absolute Gasteiger partial charge is 0.445 e. The first-order valence-corrected chi connectivity index (χ1v) is 9.20. The number of alkyl carbamates (subject to hydrolysis) is 1. The van der Waals surface area contributed by atoms with E-state index in [0.29, 0.717) is 19.4 Å². The van der Waals surface area contributed by atoms with E-state index in [1.54, 1.807) is 0 Å². The molecule has 0 spiro atoms. The van der Waals surface area contributed by atoms with Crippen molar-refractivity contribution in [2.45, 2.75) is 32.8 Å². The minimum absolute atomic E-state index is 0.135. The molecule has 2 N–H and O–H groups in total. The van der Waals surface area contributed by atoms with Crippen LogP contribution in [0, 0.1) is 0 Å². The van der Waals surface area contributed by atoms with Gasteiger partial charge in [-0.25, -0.2) is 4.79 Å². The number of amides is 1. The fourth-order valence-corrected chi connectivity index (χ4v) is 2.93. The van der Waals surface area contributed by atoms with Gasteiger partial charge >= 0.3 is 13.7 Å². The normalized spacial score (nSPS) is 13.4. The van der Waals surface area contributed by atoms with E-state index in [2.05, 4.69) is 5.32 Å². The van der Waals surface area contributed by atoms with Crippen LogP contribution in [0.4, 0.5) is 4.79 Å². The maximum absolute atomic E-state index is 11.6. The molecular weight excluding hydrogens is 305 g/mol. The van der Waals surface area contributed by atoms with Gasteiger partial charge in [-0.2, -0.15) is 0 Å². The summed E-state index contributed by atoms with van der Waals surface area (Å²) in [5.74, 6) is 0. The summed E-state index contributed by atoms with van der Waals surface area (Å²) in [6.07, 6.45) is 1.63. The quantitative estimate of drug-likeness (QED) is 0.508. The molecule has 0 bridgehead atoms. The van der Waals surface area contributed by atoms with E-state index in [1.807, 2.05) is 37.3 Å². The molecule has 1 amide bonds. The lowest BCUT2D eigenvalue weighted by atomic mass is 10.2. The Hall–Kier alpha value is -1.36. The van der Waals surface area contributed by atoms with Crippen LogP contribution in [0.1, 0.15) is 31.7 Å². The molecule has 124 valence electrons. The molecule has 1 aromatic rings. The van der Waals surface area contributed by atoms with Crippen molar-refractivity contribution in [3.8, 4) is 0 Å². The molecular formula is C15H24NO5P. The Morgan fingerprint density at radius 1 is 1.27 bits per heavy atom. The summed E-state index contributed by atoms with van der Waals surface area (Å²) in [4.78, 5) is 20.9. The molecule has 1 atom stereocenters. The van der Waals surface area contributed by atoms with E-state index < -0.39 is 13.7 Å². The van der Waals surface area contributed by atoms with E-state index in [-0.39, 0.29) is 19.4 Å². The van der Waals surface area contributed by atoms with Gasteiger partial charge in [0.05, 0.1) is 6.61 Å². The predicted molar refractivity (Wildman–Crippen MR) is 84.8 cm³/mol. The van der Waals surface area contributed by atoms with Crippen LogP contribution in [0.5, 0.6) is 0 Å². The Morgan fingerprint density at radius 2 is 2.00 bits per heavy atom. The van der Waals surface area contributed by atoms with Crippen LogP contribution in [0.25, 0.3) is 0 Å². The molecule has 0 saturated carbocycles. The summed E-state index contributed by atoms with van der Waals surface area (Å²) >= 11 is 0. The highest BCUT2D eigenvalue weighted by Crippen LogP contribution is 2.42. The number of benzene rings is 1. The molecule has 1 rings (SSSR count). The maximum Gasteiger partial charge on any atom is 0.407 e. The first-order valence-electron chi connectivity index (χ1n) is 7.44. The third kappa shape index (κ3) is 8.82. The summed E-state index contributed by atoms with van der Waals surface area (Å²) in [5, 5.41) is 2.57. The maximum atomic E-state index is 11.6. The summed E-state index contributed by atoms with van der Waals surface area (Å²) in [7, 11) is -3.47. The van der Waals surface area contributed by atoms with Gasteiger partial charge in [0.2, 0.25) is 0 Å². The third-order valence-corrected chi connectivity index (χ3v) is 4.36. The Balaban J connectivity index is 2.06. The predicted octanol–water partition coefficient (Wildman–Crippen LogP) is 3.31. The van der Waals surface area contributed by atoms with Crippen molar-refractivity contribution in [2.75, 3.05) is 19.3 Å². The molecule has 0 aliphatic heterocycles. The number of ether oxygens (including phenoxy) is 1. The molecule has 1 aromatic carbocycles. The lowest BCUT2D eigenvalue weighted by molar-refractivity contribution is 0.139. The second-order valence-corrected chi connectivity index (χ2v) is 6.87. The van der Waals surface area contributed by atoms with Crippen LogP contribution in [0.2, 0.25) is 0 Å². The topological polar surface area (TPSA) is 84.9 Å². The zero-order valence-electron chi connectivity index (χ0n) is 12.9. The molecule has 1 unspecified atom stereocenters. The SMILES string of the molecule is CCCCP(=O)(O)OCCCNC(=O)OCc1ccccc1. The van der Waals surface area contributed by atoms with E-state index >= 15 is 0 Å². The highest BCUT2D eigenvalue weighted by atomic mass is 31.2. The van der Waals surface area contributed by atoms with Gasteiger partial charge in [0.15, 0.2) is 0 Å². The van der Waals surface area contributed by atoms with Crippen LogP contribution in [0.15, 0.2) is 30.3 Å². The van der Waals surface area contributed by atoms with Crippen molar-refractivity contribution in [3.05, 3.63) is 35.9 Å². The Kier molecular flexibility index (Phi) is 8.82. The van der Waals surface area contributed by atoms with Crippen molar-refractivity contribution in [2.24, 2.45) is 0 Å². The zero-order valence-corrected chi connectivity index (χ0v) is 13.8. The van der Waals surface area contributed by atoms with Gasteiger partial charge in [-0.15, -0.1) is 0 Å². The monoisotopic (exact) mass is 329 g/mol. The van der Waals surface area contributed by atoms with Crippen molar-refractivity contribution in [1.29, 1.82) is 0 Å². The smallest absolute Gasteiger partial charge is 0.407 e. The van der Waals surface area contributed by atoms with Crippen LogP contribution in [-0.4, -0.2) is 30.3 Å². The van der Waals surface area contributed by atoms with Gasteiger partial charge < -0.3 is 19.5 Å². The van der Waals surface area contributed by atoms with Gasteiger partial charge in [-0.1, -0.05) is 43.7 Å². The lowest BCUT2D eigenvalue weighted by Crippen LogP contribution is -2.25. The zero-order chi connectivity index (χ0) is 16.3. The van der Waals surface area contributed by atoms with Gasteiger partial charge in [0.25, 0.3) is 0 Å². The van der Waals surface area contributed by atoms with Crippen molar-refractivity contribution < 1.29 is 23.5 Å². The van der Waals surface area contributed by atoms with Gasteiger partial charge in [0, 0.05) is 12.7 Å². The average Bonchev–Trinajstić information content (AvgIpc) is 2.51. The molecule has 0 heterocycles. The van der Waals surface area contributed by atoms with Crippen LogP contribution < -0.4 is 5.32 Å². The molecule has 0 saturated heterocycles. The van der Waals surface area contributed by atoms with E-state index in [9.17, 15) is 14.3 Å². The second-order valence-electron chi connectivity index (χ2n) is 4.89. The lowest BCUT2D eigenvalue weighted by Gasteiger charge is -2.11. The van der Waals surface area contributed by atoms with Crippen molar-refractivity contribution >= 4 is 13.7 Å². The fraction of sp³-hybridized carbons (Fsp3) is 0.533. The van der Waals surface area contributed by atoms with E-state index in [0.717, 1.165) is 12.0 Å². The summed E-state index contributed by atoms with van der Waals surface area (Å²) in [6.45, 7) is 2.63. The Morgan fingerprint density at radius 3 is 2.68 bits per heavy atom. The van der Waals surface area contributed by atoms with Gasteiger partial charge in [0.1, 0.15) is 6.61 Å². The van der Waals surface area contributed by atoms with Gasteiger partial charge in [-0.3, -0.25) is 4.57 Å². The fourth-order valence-electron chi connectivity index (χ4n) is 1.67. The molecule has 7 heteroatoms. The average molecular weight is 329 g/mol.